The molecule has 108 valence electrons. The molecule has 1 aromatic heterocycles. The maximum Gasteiger partial charge on any atom is 0.254 e. The summed E-state index contributed by atoms with van der Waals surface area (Å²) in [6.45, 7) is 0.963. The summed E-state index contributed by atoms with van der Waals surface area (Å²) in [5.41, 5.74) is 0.623. The van der Waals surface area contributed by atoms with Crippen molar-refractivity contribution < 1.29 is 18.7 Å². The van der Waals surface area contributed by atoms with Gasteiger partial charge in [0.15, 0.2) is 11.5 Å². The molecule has 21 heavy (non-hydrogen) atoms. The summed E-state index contributed by atoms with van der Waals surface area (Å²) in [6, 6.07) is 9.13. The molecule has 1 fully saturated rings. The molecular weight excluding hydrogens is 270 g/mol. The summed E-state index contributed by atoms with van der Waals surface area (Å²) in [7, 11) is 0. The van der Waals surface area contributed by atoms with Gasteiger partial charge in [-0.15, -0.1) is 0 Å². The Morgan fingerprint density at radius 2 is 2.10 bits per heavy atom. The van der Waals surface area contributed by atoms with Crippen LogP contribution in [0.2, 0.25) is 0 Å². The summed E-state index contributed by atoms with van der Waals surface area (Å²) < 4.78 is 16.1. The maximum absolute atomic E-state index is 12.7. The molecule has 0 saturated carbocycles. The first-order valence-corrected chi connectivity index (χ1v) is 7.07. The Bertz CT molecular complexity index is 665. The number of likely N-dealkylation sites (tertiary alicyclic amines) is 1. The van der Waals surface area contributed by atoms with Gasteiger partial charge in [0.05, 0.1) is 12.3 Å². The molecule has 1 aromatic carbocycles. The highest BCUT2D eigenvalue weighted by Gasteiger charge is 2.32. The number of rotatable bonds is 2. The van der Waals surface area contributed by atoms with Crippen molar-refractivity contribution in [1.29, 1.82) is 0 Å². The molecule has 0 spiro atoms. The first kappa shape index (κ1) is 12.3. The van der Waals surface area contributed by atoms with Gasteiger partial charge in [-0.2, -0.15) is 0 Å². The topological polar surface area (TPSA) is 51.9 Å². The quantitative estimate of drug-likeness (QED) is 0.851. The predicted octanol–water partition coefficient (Wildman–Crippen LogP) is 2.99. The average molecular weight is 285 g/mol. The minimum Gasteiger partial charge on any atom is -0.467 e. The number of amides is 1. The van der Waals surface area contributed by atoms with Crippen LogP contribution < -0.4 is 9.47 Å². The van der Waals surface area contributed by atoms with Gasteiger partial charge in [0.1, 0.15) is 5.76 Å². The average Bonchev–Trinajstić information content (AvgIpc) is 3.24. The van der Waals surface area contributed by atoms with Gasteiger partial charge >= 0.3 is 0 Å². The number of nitrogens with zero attached hydrogens (tertiary/aromatic N) is 1. The molecule has 0 aliphatic carbocycles. The largest absolute Gasteiger partial charge is 0.467 e. The Morgan fingerprint density at radius 3 is 2.95 bits per heavy atom. The Balaban J connectivity index is 1.62. The number of furan rings is 1. The van der Waals surface area contributed by atoms with E-state index in [0.29, 0.717) is 17.1 Å². The van der Waals surface area contributed by atoms with Gasteiger partial charge in [0.2, 0.25) is 6.79 Å². The van der Waals surface area contributed by atoms with Gasteiger partial charge in [-0.25, -0.2) is 0 Å². The summed E-state index contributed by atoms with van der Waals surface area (Å²) in [4.78, 5) is 14.6. The van der Waals surface area contributed by atoms with Crippen LogP contribution in [0, 0.1) is 0 Å². The van der Waals surface area contributed by atoms with Crippen LogP contribution in [0.25, 0.3) is 0 Å². The lowest BCUT2D eigenvalue weighted by molar-refractivity contribution is 0.0719. The van der Waals surface area contributed by atoms with Crippen LogP contribution in [-0.4, -0.2) is 24.1 Å². The maximum atomic E-state index is 12.7. The van der Waals surface area contributed by atoms with E-state index in [1.165, 1.54) is 0 Å². The van der Waals surface area contributed by atoms with E-state index in [-0.39, 0.29) is 18.7 Å². The molecule has 0 bridgehead atoms. The molecule has 2 aromatic rings. The molecule has 1 unspecified atom stereocenters. The predicted molar refractivity (Wildman–Crippen MR) is 74.3 cm³/mol. The molecule has 0 N–H and O–H groups in total. The Kier molecular flexibility index (Phi) is 2.84. The minimum atomic E-state index is 0.00667. The minimum absolute atomic E-state index is 0.00667. The zero-order chi connectivity index (χ0) is 14.2. The van der Waals surface area contributed by atoms with Crippen LogP contribution in [0.3, 0.4) is 0 Å². The molecule has 3 heterocycles. The van der Waals surface area contributed by atoms with E-state index in [2.05, 4.69) is 0 Å². The van der Waals surface area contributed by atoms with E-state index in [9.17, 15) is 4.79 Å². The fourth-order valence-corrected chi connectivity index (χ4v) is 2.98. The second-order valence-electron chi connectivity index (χ2n) is 5.24. The third-order valence-corrected chi connectivity index (χ3v) is 4.00. The molecule has 2 aliphatic heterocycles. The summed E-state index contributed by atoms with van der Waals surface area (Å²) in [5, 5.41) is 0. The van der Waals surface area contributed by atoms with Crippen molar-refractivity contribution in [2.45, 2.75) is 18.9 Å². The van der Waals surface area contributed by atoms with Crippen LogP contribution in [0.5, 0.6) is 11.5 Å². The number of carbonyl (C=O) groups is 1. The van der Waals surface area contributed by atoms with Crippen molar-refractivity contribution in [2.24, 2.45) is 0 Å². The normalized spacial score (nSPS) is 20.0. The van der Waals surface area contributed by atoms with Crippen molar-refractivity contribution >= 4 is 5.91 Å². The van der Waals surface area contributed by atoms with Crippen LogP contribution >= 0.6 is 0 Å². The number of hydrogen-bond donors (Lipinski definition) is 0. The highest BCUT2D eigenvalue weighted by Crippen LogP contribution is 2.36. The number of fused-ring (bicyclic) bond motifs is 1. The lowest BCUT2D eigenvalue weighted by Crippen LogP contribution is -2.30. The first-order chi connectivity index (χ1) is 10.3. The molecule has 0 radical (unpaired) electrons. The smallest absolute Gasteiger partial charge is 0.254 e. The van der Waals surface area contributed by atoms with E-state index in [1.54, 1.807) is 24.5 Å². The van der Waals surface area contributed by atoms with Gasteiger partial charge < -0.3 is 18.8 Å². The Labute approximate surface area is 122 Å². The lowest BCUT2D eigenvalue weighted by atomic mass is 10.1. The van der Waals surface area contributed by atoms with E-state index in [0.717, 1.165) is 25.1 Å². The van der Waals surface area contributed by atoms with E-state index in [1.807, 2.05) is 17.0 Å². The molecule has 5 nitrogen and oxygen atoms in total. The lowest BCUT2D eigenvalue weighted by Gasteiger charge is -2.23. The highest BCUT2D eigenvalue weighted by atomic mass is 16.7. The van der Waals surface area contributed by atoms with Gasteiger partial charge in [-0.3, -0.25) is 4.79 Å². The molecule has 5 heteroatoms. The fraction of sp³-hybridized carbons (Fsp3) is 0.312. The van der Waals surface area contributed by atoms with Crippen LogP contribution in [0.15, 0.2) is 41.0 Å². The van der Waals surface area contributed by atoms with Crippen molar-refractivity contribution in [1.82, 2.24) is 4.90 Å². The molecule has 4 rings (SSSR count). The molecule has 1 saturated heterocycles. The Morgan fingerprint density at radius 1 is 1.19 bits per heavy atom. The highest BCUT2D eigenvalue weighted by molar-refractivity contribution is 5.95. The zero-order valence-corrected chi connectivity index (χ0v) is 11.5. The van der Waals surface area contributed by atoms with Gasteiger partial charge in [-0.05, 0) is 43.2 Å². The van der Waals surface area contributed by atoms with Crippen molar-refractivity contribution in [2.75, 3.05) is 13.3 Å². The monoisotopic (exact) mass is 285 g/mol. The number of ether oxygens (including phenoxy) is 2. The Hall–Kier alpha value is -2.43. The number of benzene rings is 1. The SMILES string of the molecule is O=C(c1ccc2c(c1)OCO2)N1CCCC1c1ccco1. The van der Waals surface area contributed by atoms with Crippen LogP contribution in [0.4, 0.5) is 0 Å². The standard InChI is InChI=1S/C16H15NO4/c18-16(11-5-6-14-15(9-11)21-10-20-14)17-7-1-3-12(17)13-4-2-8-19-13/h2,4-6,8-9,12H,1,3,7,10H2. The number of carbonyl (C=O) groups excluding carboxylic acids is 1. The molecule has 1 atom stereocenters. The van der Waals surface area contributed by atoms with Crippen molar-refractivity contribution in [3.05, 3.63) is 47.9 Å². The second kappa shape index (κ2) is 4.84. The second-order valence-corrected chi connectivity index (χ2v) is 5.24. The third kappa shape index (κ3) is 2.05. The first-order valence-electron chi connectivity index (χ1n) is 7.07. The summed E-state index contributed by atoms with van der Waals surface area (Å²) >= 11 is 0. The third-order valence-electron chi connectivity index (χ3n) is 4.00. The van der Waals surface area contributed by atoms with Gasteiger partial charge in [-0.1, -0.05) is 0 Å². The zero-order valence-electron chi connectivity index (χ0n) is 11.5. The van der Waals surface area contributed by atoms with Crippen LogP contribution in [-0.2, 0) is 0 Å². The van der Waals surface area contributed by atoms with E-state index in [4.69, 9.17) is 13.9 Å². The van der Waals surface area contributed by atoms with E-state index < -0.39 is 0 Å². The summed E-state index contributed by atoms with van der Waals surface area (Å²) in [5.74, 6) is 2.18. The van der Waals surface area contributed by atoms with Gasteiger partial charge in [0, 0.05) is 12.1 Å². The van der Waals surface area contributed by atoms with Crippen molar-refractivity contribution in [3.63, 3.8) is 0 Å². The molecule has 1 amide bonds. The van der Waals surface area contributed by atoms with Gasteiger partial charge in [0.25, 0.3) is 5.91 Å². The fourth-order valence-electron chi connectivity index (χ4n) is 2.98. The van der Waals surface area contributed by atoms with Crippen LogP contribution in [0.1, 0.15) is 35.0 Å². The molecule has 2 aliphatic rings. The summed E-state index contributed by atoms with van der Waals surface area (Å²) in [6.07, 6.45) is 3.57. The number of hydrogen-bond acceptors (Lipinski definition) is 4. The van der Waals surface area contributed by atoms with E-state index >= 15 is 0 Å². The van der Waals surface area contributed by atoms with Crippen molar-refractivity contribution in [3.8, 4) is 11.5 Å². The molecular formula is C16H15NO4.